The van der Waals surface area contributed by atoms with Crippen molar-refractivity contribution in [2.45, 2.75) is 32.7 Å². The molecule has 3 aromatic rings. The van der Waals surface area contributed by atoms with Gasteiger partial charge in [-0.2, -0.15) is 15.2 Å². The first-order valence-electron chi connectivity index (χ1n) is 11.3. The molecule has 2 aromatic heterocycles. The lowest BCUT2D eigenvalue weighted by Crippen LogP contribution is -2.43. The van der Waals surface area contributed by atoms with Crippen molar-refractivity contribution >= 4 is 16.9 Å². The van der Waals surface area contributed by atoms with Crippen molar-refractivity contribution in [3.8, 4) is 12.1 Å². The zero-order valence-corrected chi connectivity index (χ0v) is 18.9. The monoisotopic (exact) mass is 433 g/mol. The Balaban J connectivity index is 1.53. The number of aromatic amines is 1. The molecule has 0 radical (unpaired) electrons. The van der Waals surface area contributed by atoms with Crippen molar-refractivity contribution < 1.29 is 4.74 Å². The van der Waals surface area contributed by atoms with Crippen molar-refractivity contribution in [2.24, 2.45) is 0 Å². The van der Waals surface area contributed by atoms with E-state index >= 15 is 0 Å². The average Bonchev–Trinajstić information content (AvgIpc) is 3.15. The van der Waals surface area contributed by atoms with Gasteiger partial charge in [-0.15, -0.1) is 0 Å². The molecule has 1 saturated heterocycles. The van der Waals surface area contributed by atoms with Crippen LogP contribution >= 0.6 is 0 Å². The summed E-state index contributed by atoms with van der Waals surface area (Å²) >= 11 is 0. The zero-order chi connectivity index (χ0) is 22.5. The van der Waals surface area contributed by atoms with Crippen LogP contribution in [0.25, 0.3) is 11.0 Å². The van der Waals surface area contributed by atoms with Gasteiger partial charge in [0.2, 0.25) is 0 Å². The zero-order valence-electron chi connectivity index (χ0n) is 18.9. The number of nitrogens with one attached hydrogen (secondary N) is 1. The van der Waals surface area contributed by atoms with Crippen LogP contribution in [0.15, 0.2) is 24.3 Å². The number of H-pyrrole nitrogens is 1. The van der Waals surface area contributed by atoms with E-state index in [0.29, 0.717) is 35.6 Å². The van der Waals surface area contributed by atoms with Gasteiger partial charge in [0.1, 0.15) is 22.8 Å². The smallest absolute Gasteiger partial charge is 0.319 e. The van der Waals surface area contributed by atoms with Crippen LogP contribution in [0.3, 0.4) is 0 Å². The summed E-state index contributed by atoms with van der Waals surface area (Å²) in [5.41, 5.74) is 11.1. The summed E-state index contributed by atoms with van der Waals surface area (Å²) in [6.45, 7) is 8.04. The molecule has 0 amide bonds. The largest absolute Gasteiger partial charge is 0.463 e. The highest BCUT2D eigenvalue weighted by molar-refractivity contribution is 5.90. The van der Waals surface area contributed by atoms with Crippen molar-refractivity contribution in [2.75, 3.05) is 45.6 Å². The van der Waals surface area contributed by atoms with Crippen LogP contribution in [0.2, 0.25) is 0 Å². The van der Waals surface area contributed by atoms with Gasteiger partial charge in [0.05, 0.1) is 6.61 Å². The molecule has 0 unspecified atom stereocenters. The minimum Gasteiger partial charge on any atom is -0.463 e. The van der Waals surface area contributed by atoms with Crippen LogP contribution in [0.1, 0.15) is 42.1 Å². The molecule has 1 aliphatic rings. The fourth-order valence-corrected chi connectivity index (χ4v) is 3.99. The number of unbranched alkanes of at least 4 members (excludes halogenated alkanes) is 1. The molecule has 0 bridgehead atoms. The van der Waals surface area contributed by atoms with Crippen molar-refractivity contribution in [1.82, 2.24) is 24.8 Å². The van der Waals surface area contributed by atoms with E-state index in [2.05, 4.69) is 69.1 Å². The van der Waals surface area contributed by atoms with Crippen molar-refractivity contribution in [3.63, 3.8) is 0 Å². The second-order valence-electron chi connectivity index (χ2n) is 8.48. The highest BCUT2D eigenvalue weighted by atomic mass is 16.5. The number of piperazine rings is 1. The van der Waals surface area contributed by atoms with Gasteiger partial charge in [0, 0.05) is 44.7 Å². The number of hydrogen-bond acceptors (Lipinski definition) is 7. The van der Waals surface area contributed by atoms with Gasteiger partial charge in [0.25, 0.3) is 0 Å². The lowest BCUT2D eigenvalue weighted by atomic mass is 10.0. The molecule has 4 rings (SSSR count). The van der Waals surface area contributed by atoms with E-state index in [-0.39, 0.29) is 6.01 Å². The van der Waals surface area contributed by atoms with Crippen molar-refractivity contribution in [3.05, 3.63) is 46.6 Å². The molecule has 32 heavy (non-hydrogen) atoms. The molecule has 1 fully saturated rings. The van der Waals surface area contributed by atoms with E-state index in [4.69, 9.17) is 10.5 Å². The Morgan fingerprint density at radius 2 is 1.84 bits per heavy atom. The van der Waals surface area contributed by atoms with Gasteiger partial charge < -0.3 is 20.4 Å². The third-order valence-corrected chi connectivity index (χ3v) is 6.00. The Hall–Kier alpha value is -3.15. The van der Waals surface area contributed by atoms with Crippen LogP contribution in [-0.2, 0) is 13.0 Å². The summed E-state index contributed by atoms with van der Waals surface area (Å²) < 4.78 is 5.67. The number of anilines is 1. The average molecular weight is 434 g/mol. The number of likely N-dealkylation sites (N-methyl/N-ethyl adjacent to an activating group) is 1. The maximum absolute atomic E-state index is 9.67. The second-order valence-corrected chi connectivity index (χ2v) is 8.48. The van der Waals surface area contributed by atoms with Gasteiger partial charge in [-0.05, 0) is 24.6 Å². The number of hydrogen-bond donors (Lipinski definition) is 2. The van der Waals surface area contributed by atoms with E-state index in [1.807, 2.05) is 0 Å². The van der Waals surface area contributed by atoms with Crippen molar-refractivity contribution in [1.29, 1.82) is 5.26 Å². The molecule has 8 heteroatoms. The van der Waals surface area contributed by atoms with Gasteiger partial charge in [-0.3, -0.25) is 4.90 Å². The maximum atomic E-state index is 9.67. The van der Waals surface area contributed by atoms with E-state index in [0.717, 1.165) is 56.7 Å². The van der Waals surface area contributed by atoms with E-state index in [9.17, 15) is 5.26 Å². The van der Waals surface area contributed by atoms with Crippen LogP contribution < -0.4 is 10.5 Å². The van der Waals surface area contributed by atoms with E-state index < -0.39 is 0 Å². The van der Waals surface area contributed by atoms with E-state index in [1.165, 1.54) is 5.56 Å². The van der Waals surface area contributed by atoms with Gasteiger partial charge >= 0.3 is 6.01 Å². The number of benzene rings is 1. The third kappa shape index (κ3) is 5.01. The Morgan fingerprint density at radius 3 is 2.53 bits per heavy atom. The molecule has 1 aliphatic heterocycles. The summed E-state index contributed by atoms with van der Waals surface area (Å²) in [6, 6.07) is 11.1. The molecule has 0 aliphatic carbocycles. The van der Waals surface area contributed by atoms with Gasteiger partial charge in [-0.25, -0.2) is 0 Å². The summed E-state index contributed by atoms with van der Waals surface area (Å²) in [7, 11) is 2.17. The molecule has 8 nitrogen and oxygen atoms in total. The topological polar surface area (TPSA) is 107 Å². The number of fused-ring (bicyclic) bond motifs is 1. The molecule has 0 saturated carbocycles. The fraction of sp³-hybridized carbons (Fsp3) is 0.458. The summed E-state index contributed by atoms with van der Waals surface area (Å²) in [4.78, 5) is 16.7. The number of nitrogens with zero attached hydrogens (tertiary/aromatic N) is 5. The first-order chi connectivity index (χ1) is 15.6. The summed E-state index contributed by atoms with van der Waals surface area (Å²) in [5.74, 6) is 0.298. The summed E-state index contributed by atoms with van der Waals surface area (Å²) in [5, 5.41) is 9.67. The number of nitriles is 1. The SMILES string of the molecule is CCCCOc1nc(N)c2[nH]c(C#N)c(Cc3ccc(CN4CCN(C)CC4)cc3)c2n1. The minimum atomic E-state index is 0.260. The third-order valence-electron chi connectivity index (χ3n) is 6.00. The highest BCUT2D eigenvalue weighted by Crippen LogP contribution is 2.28. The van der Waals surface area contributed by atoms with Crippen LogP contribution in [0.5, 0.6) is 6.01 Å². The molecule has 168 valence electrons. The van der Waals surface area contributed by atoms with Crippen LogP contribution in [0.4, 0.5) is 5.82 Å². The number of ether oxygens (including phenoxy) is 1. The molecule has 0 spiro atoms. The number of aromatic nitrogens is 3. The first-order valence-corrected chi connectivity index (χ1v) is 11.3. The number of nitrogen functional groups attached to an aromatic ring is 1. The molecule has 1 aromatic carbocycles. The Bertz CT molecular complexity index is 1090. The lowest BCUT2D eigenvalue weighted by Gasteiger charge is -2.32. The van der Waals surface area contributed by atoms with Crippen LogP contribution in [0, 0.1) is 11.3 Å². The standard InChI is InChI=1S/C24H31N7O/c1-3-4-13-32-24-28-21-19(20(15-25)27-22(21)23(26)29-24)14-17-5-7-18(8-6-17)16-31-11-9-30(2)10-12-31/h5-8,27H,3-4,9-14,16H2,1-2H3,(H2,26,28,29). The van der Waals surface area contributed by atoms with Crippen LogP contribution in [-0.4, -0.2) is 64.6 Å². The Kier molecular flexibility index (Phi) is 6.88. The normalized spacial score (nSPS) is 15.2. The number of rotatable bonds is 8. The summed E-state index contributed by atoms with van der Waals surface area (Å²) in [6.07, 6.45) is 2.53. The Morgan fingerprint density at radius 1 is 1.12 bits per heavy atom. The minimum absolute atomic E-state index is 0.260. The predicted molar refractivity (Wildman–Crippen MR) is 125 cm³/mol. The molecule has 3 N–H and O–H groups in total. The molecule has 0 atom stereocenters. The number of nitrogens with two attached hydrogens (primary N) is 1. The predicted octanol–water partition coefficient (Wildman–Crippen LogP) is 2.93. The molecule has 3 heterocycles. The second kappa shape index (κ2) is 9.98. The van der Waals surface area contributed by atoms with Gasteiger partial charge in [0.15, 0.2) is 5.82 Å². The van der Waals surface area contributed by atoms with Gasteiger partial charge in [-0.1, -0.05) is 37.6 Å². The molecular formula is C24H31N7O. The molecular weight excluding hydrogens is 402 g/mol. The quantitative estimate of drug-likeness (QED) is 0.526. The lowest BCUT2D eigenvalue weighted by molar-refractivity contribution is 0.148. The highest BCUT2D eigenvalue weighted by Gasteiger charge is 2.18. The van der Waals surface area contributed by atoms with E-state index in [1.54, 1.807) is 0 Å². The Labute approximate surface area is 189 Å². The first kappa shape index (κ1) is 22.1. The fourth-order valence-electron chi connectivity index (χ4n) is 3.99. The maximum Gasteiger partial charge on any atom is 0.319 e.